The minimum absolute atomic E-state index is 0.146. The molecule has 1 N–H and O–H groups in total. The van der Waals surface area contributed by atoms with E-state index in [1.807, 2.05) is 41.1 Å². The van der Waals surface area contributed by atoms with Crippen LogP contribution >= 0.6 is 0 Å². The van der Waals surface area contributed by atoms with Gasteiger partial charge in [0.1, 0.15) is 6.33 Å². The summed E-state index contributed by atoms with van der Waals surface area (Å²) in [5.41, 5.74) is 2.39. The standard InChI is InChI=1S/C19H17N7O/c27-19(16-6-8-17(9-7-16)26-14-21-23-24-26)22-18(12-25-11-10-20-13-25)15-4-2-1-3-5-15/h1-11,13-14,18H,12H2,(H,22,27)/t18-/m1/s1. The molecule has 2 aromatic heterocycles. The minimum atomic E-state index is -0.174. The van der Waals surface area contributed by atoms with E-state index in [9.17, 15) is 4.79 Å². The average molecular weight is 359 g/mol. The van der Waals surface area contributed by atoms with Crippen LogP contribution in [0.3, 0.4) is 0 Å². The second-order valence-corrected chi connectivity index (χ2v) is 6.00. The molecule has 8 heteroatoms. The second-order valence-electron chi connectivity index (χ2n) is 6.00. The van der Waals surface area contributed by atoms with Crippen LogP contribution in [-0.4, -0.2) is 35.7 Å². The average Bonchev–Trinajstić information content (AvgIpc) is 3.42. The largest absolute Gasteiger partial charge is 0.343 e. The molecular formula is C19H17N7O. The first-order valence-corrected chi connectivity index (χ1v) is 8.44. The fourth-order valence-electron chi connectivity index (χ4n) is 2.81. The number of benzene rings is 2. The van der Waals surface area contributed by atoms with Crippen LogP contribution < -0.4 is 5.32 Å². The zero-order valence-electron chi connectivity index (χ0n) is 14.4. The molecule has 0 aliphatic rings. The number of rotatable bonds is 6. The molecule has 0 radical (unpaired) electrons. The SMILES string of the molecule is O=C(N[C@H](Cn1ccnc1)c1ccccc1)c1ccc(-n2cnnn2)cc1. The minimum Gasteiger partial charge on any atom is -0.343 e. The van der Waals surface area contributed by atoms with Gasteiger partial charge in [-0.15, -0.1) is 5.10 Å². The Hall–Kier alpha value is -3.81. The molecule has 0 bridgehead atoms. The zero-order valence-corrected chi connectivity index (χ0v) is 14.4. The highest BCUT2D eigenvalue weighted by molar-refractivity contribution is 5.94. The molecule has 0 spiro atoms. The molecule has 0 saturated carbocycles. The van der Waals surface area contributed by atoms with Crippen molar-refractivity contribution in [2.75, 3.05) is 0 Å². The molecule has 2 aromatic carbocycles. The molecule has 0 unspecified atom stereocenters. The van der Waals surface area contributed by atoms with Gasteiger partial charge in [-0.05, 0) is 40.3 Å². The van der Waals surface area contributed by atoms with Crippen molar-refractivity contribution in [3.05, 3.63) is 90.8 Å². The molecule has 4 rings (SSSR count). The third-order valence-corrected chi connectivity index (χ3v) is 4.20. The van der Waals surface area contributed by atoms with Gasteiger partial charge >= 0.3 is 0 Å². The Bertz CT molecular complexity index is 981. The summed E-state index contributed by atoms with van der Waals surface area (Å²) in [7, 11) is 0. The number of hydrogen-bond acceptors (Lipinski definition) is 5. The summed E-state index contributed by atoms with van der Waals surface area (Å²) < 4.78 is 3.48. The highest BCUT2D eigenvalue weighted by atomic mass is 16.1. The third kappa shape index (κ3) is 3.90. The normalized spacial score (nSPS) is 11.9. The van der Waals surface area contributed by atoms with Gasteiger partial charge in [0, 0.05) is 24.5 Å². The first-order chi connectivity index (χ1) is 13.3. The lowest BCUT2D eigenvalue weighted by Gasteiger charge is -2.20. The van der Waals surface area contributed by atoms with Crippen LogP contribution in [0, 0.1) is 0 Å². The third-order valence-electron chi connectivity index (χ3n) is 4.20. The predicted molar refractivity (Wildman–Crippen MR) is 98.0 cm³/mol. The monoisotopic (exact) mass is 359 g/mol. The lowest BCUT2D eigenvalue weighted by molar-refractivity contribution is 0.0932. The lowest BCUT2D eigenvalue weighted by atomic mass is 10.1. The van der Waals surface area contributed by atoms with Gasteiger partial charge in [0.2, 0.25) is 0 Å². The smallest absolute Gasteiger partial charge is 0.251 e. The Kier molecular flexibility index (Phi) is 4.69. The number of carbonyl (C=O) groups is 1. The maximum atomic E-state index is 12.8. The summed E-state index contributed by atoms with van der Waals surface area (Å²) in [6.45, 7) is 0.596. The van der Waals surface area contributed by atoms with Gasteiger partial charge in [-0.3, -0.25) is 4.79 Å². The molecule has 0 aliphatic heterocycles. The molecule has 0 aliphatic carbocycles. The number of nitrogens with one attached hydrogen (secondary N) is 1. The summed E-state index contributed by atoms with van der Waals surface area (Å²) in [4.78, 5) is 16.8. The van der Waals surface area contributed by atoms with Crippen LogP contribution in [-0.2, 0) is 6.54 Å². The van der Waals surface area contributed by atoms with Gasteiger partial charge < -0.3 is 9.88 Å². The maximum absolute atomic E-state index is 12.8. The number of tetrazole rings is 1. The first kappa shape index (κ1) is 16.6. The summed E-state index contributed by atoms with van der Waals surface area (Å²) >= 11 is 0. The summed E-state index contributed by atoms with van der Waals surface area (Å²) in [6.07, 6.45) is 6.85. The molecule has 27 heavy (non-hydrogen) atoms. The van der Waals surface area contributed by atoms with E-state index in [0.717, 1.165) is 11.3 Å². The fraction of sp³-hybridized carbons (Fsp3) is 0.105. The Morgan fingerprint density at radius 3 is 2.52 bits per heavy atom. The van der Waals surface area contributed by atoms with Crippen molar-refractivity contribution in [1.29, 1.82) is 0 Å². The van der Waals surface area contributed by atoms with Gasteiger partial charge in [-0.1, -0.05) is 30.3 Å². The van der Waals surface area contributed by atoms with Crippen molar-refractivity contribution >= 4 is 5.91 Å². The molecule has 134 valence electrons. The van der Waals surface area contributed by atoms with Crippen molar-refractivity contribution < 1.29 is 4.79 Å². The summed E-state index contributed by atoms with van der Waals surface area (Å²) in [5.74, 6) is -0.146. The van der Waals surface area contributed by atoms with Crippen molar-refractivity contribution in [3.8, 4) is 5.69 Å². The van der Waals surface area contributed by atoms with Crippen LogP contribution in [0.5, 0.6) is 0 Å². The van der Waals surface area contributed by atoms with E-state index in [1.54, 1.807) is 36.8 Å². The number of imidazole rings is 1. The molecule has 2 heterocycles. The van der Waals surface area contributed by atoms with E-state index in [0.29, 0.717) is 12.1 Å². The van der Waals surface area contributed by atoms with Gasteiger partial charge in [0.15, 0.2) is 0 Å². The number of carbonyl (C=O) groups excluding carboxylic acids is 1. The molecular weight excluding hydrogens is 342 g/mol. The van der Waals surface area contributed by atoms with Gasteiger partial charge in [0.25, 0.3) is 5.91 Å². The molecule has 4 aromatic rings. The highest BCUT2D eigenvalue weighted by Gasteiger charge is 2.16. The fourth-order valence-corrected chi connectivity index (χ4v) is 2.81. The van der Waals surface area contributed by atoms with Crippen molar-refractivity contribution in [3.63, 3.8) is 0 Å². The quantitative estimate of drug-likeness (QED) is 0.569. The van der Waals surface area contributed by atoms with Gasteiger partial charge in [-0.2, -0.15) is 0 Å². The summed E-state index contributed by atoms with van der Waals surface area (Å²) in [5, 5.41) is 14.2. The van der Waals surface area contributed by atoms with E-state index in [1.165, 1.54) is 11.0 Å². The van der Waals surface area contributed by atoms with Crippen molar-refractivity contribution in [1.82, 2.24) is 35.1 Å². The predicted octanol–water partition coefficient (Wildman–Crippen LogP) is 2.03. The van der Waals surface area contributed by atoms with Crippen LogP contribution in [0.1, 0.15) is 22.0 Å². The highest BCUT2D eigenvalue weighted by Crippen LogP contribution is 2.16. The molecule has 1 amide bonds. The number of hydrogen-bond donors (Lipinski definition) is 1. The Labute approximate surface area is 155 Å². The number of aromatic nitrogens is 6. The molecule has 8 nitrogen and oxygen atoms in total. The van der Waals surface area contributed by atoms with E-state index in [2.05, 4.69) is 25.8 Å². The Morgan fingerprint density at radius 2 is 1.85 bits per heavy atom. The molecule has 0 saturated heterocycles. The van der Waals surface area contributed by atoms with Gasteiger partial charge in [-0.25, -0.2) is 9.67 Å². The topological polar surface area (TPSA) is 90.5 Å². The van der Waals surface area contributed by atoms with Crippen molar-refractivity contribution in [2.24, 2.45) is 0 Å². The Morgan fingerprint density at radius 1 is 1.04 bits per heavy atom. The van der Waals surface area contributed by atoms with Crippen LogP contribution in [0.2, 0.25) is 0 Å². The maximum Gasteiger partial charge on any atom is 0.251 e. The first-order valence-electron chi connectivity index (χ1n) is 8.44. The van der Waals surface area contributed by atoms with Crippen molar-refractivity contribution in [2.45, 2.75) is 12.6 Å². The summed E-state index contributed by atoms with van der Waals surface area (Å²) in [6, 6.07) is 16.8. The van der Waals surface area contributed by atoms with Crippen LogP contribution in [0.15, 0.2) is 79.6 Å². The molecule has 0 fully saturated rings. The van der Waals surface area contributed by atoms with E-state index in [-0.39, 0.29) is 11.9 Å². The lowest BCUT2D eigenvalue weighted by Crippen LogP contribution is -2.31. The van der Waals surface area contributed by atoms with E-state index in [4.69, 9.17) is 0 Å². The van der Waals surface area contributed by atoms with Gasteiger partial charge in [0.05, 0.1) is 18.1 Å². The Balaban J connectivity index is 1.52. The van der Waals surface area contributed by atoms with E-state index >= 15 is 0 Å². The van der Waals surface area contributed by atoms with Crippen LogP contribution in [0.4, 0.5) is 0 Å². The second kappa shape index (κ2) is 7.61. The molecule has 1 atom stereocenters. The number of amides is 1. The number of nitrogens with zero attached hydrogens (tertiary/aromatic N) is 6. The van der Waals surface area contributed by atoms with E-state index < -0.39 is 0 Å². The zero-order chi connectivity index (χ0) is 18.5. The van der Waals surface area contributed by atoms with Crippen LogP contribution in [0.25, 0.3) is 5.69 Å².